The van der Waals surface area contributed by atoms with Gasteiger partial charge in [0.15, 0.2) is 0 Å². The minimum Gasteiger partial charge on any atom is -0.450 e. The first-order chi connectivity index (χ1) is 11.1. The standard InChI is InChI=1S/C18H21N3O2/c1-3-23-18(22)21-7-6-14(11-21)8-15-12-20(2)17-5-4-13(10-19)9-16(15)17/h4-5,9,12,14H,3,6-8,11H2,1-2H3. The molecule has 1 fully saturated rings. The van der Waals surface area contributed by atoms with Gasteiger partial charge in [-0.2, -0.15) is 5.26 Å². The topological polar surface area (TPSA) is 58.3 Å². The molecule has 0 saturated carbocycles. The van der Waals surface area contributed by atoms with Crippen LogP contribution in [0.3, 0.4) is 0 Å². The van der Waals surface area contributed by atoms with Gasteiger partial charge >= 0.3 is 6.09 Å². The van der Waals surface area contributed by atoms with Crippen LogP contribution in [0.15, 0.2) is 24.4 Å². The third kappa shape index (κ3) is 3.02. The maximum atomic E-state index is 11.8. The third-order valence-electron chi connectivity index (χ3n) is 4.52. The number of likely N-dealkylation sites (tertiary alicyclic amines) is 1. The zero-order valence-corrected chi connectivity index (χ0v) is 13.6. The van der Waals surface area contributed by atoms with E-state index in [-0.39, 0.29) is 6.09 Å². The average Bonchev–Trinajstić information content (AvgIpc) is 3.13. The summed E-state index contributed by atoms with van der Waals surface area (Å²) in [4.78, 5) is 13.6. The van der Waals surface area contributed by atoms with E-state index in [0.717, 1.165) is 36.8 Å². The van der Waals surface area contributed by atoms with Gasteiger partial charge in [0.25, 0.3) is 0 Å². The zero-order valence-electron chi connectivity index (χ0n) is 13.6. The van der Waals surface area contributed by atoms with E-state index in [1.165, 1.54) is 5.56 Å². The monoisotopic (exact) mass is 311 g/mol. The van der Waals surface area contributed by atoms with E-state index in [1.807, 2.05) is 32.2 Å². The molecule has 2 aromatic rings. The highest BCUT2D eigenvalue weighted by Crippen LogP contribution is 2.28. The Bertz CT molecular complexity index is 772. The van der Waals surface area contributed by atoms with Crippen molar-refractivity contribution in [2.24, 2.45) is 13.0 Å². The number of aryl methyl sites for hydroxylation is 1. The Labute approximate surface area is 136 Å². The third-order valence-corrected chi connectivity index (χ3v) is 4.52. The van der Waals surface area contributed by atoms with E-state index in [9.17, 15) is 4.79 Å². The van der Waals surface area contributed by atoms with Gasteiger partial charge in [-0.3, -0.25) is 0 Å². The van der Waals surface area contributed by atoms with Gasteiger partial charge in [0, 0.05) is 37.2 Å². The summed E-state index contributed by atoms with van der Waals surface area (Å²) >= 11 is 0. The van der Waals surface area contributed by atoms with E-state index in [0.29, 0.717) is 18.1 Å². The number of hydrogen-bond donors (Lipinski definition) is 0. The molecule has 1 aromatic carbocycles. The molecule has 1 atom stereocenters. The lowest BCUT2D eigenvalue weighted by atomic mass is 9.98. The summed E-state index contributed by atoms with van der Waals surface area (Å²) in [5.74, 6) is 0.441. The number of benzene rings is 1. The molecule has 0 aliphatic carbocycles. The Morgan fingerprint density at radius 2 is 2.30 bits per heavy atom. The fourth-order valence-electron chi connectivity index (χ4n) is 3.40. The molecule has 3 rings (SSSR count). The molecular weight excluding hydrogens is 290 g/mol. The molecule has 5 heteroatoms. The Kier molecular flexibility index (Phi) is 4.24. The summed E-state index contributed by atoms with van der Waals surface area (Å²) in [6.45, 7) is 3.75. The predicted molar refractivity (Wildman–Crippen MR) is 88.0 cm³/mol. The molecule has 0 N–H and O–H groups in total. The van der Waals surface area contributed by atoms with Gasteiger partial charge in [-0.05, 0) is 49.4 Å². The Morgan fingerprint density at radius 1 is 1.48 bits per heavy atom. The fraction of sp³-hybridized carbons (Fsp3) is 0.444. The first-order valence-corrected chi connectivity index (χ1v) is 8.02. The molecule has 1 amide bonds. The quantitative estimate of drug-likeness (QED) is 0.875. The van der Waals surface area contributed by atoms with Crippen molar-refractivity contribution in [3.8, 4) is 6.07 Å². The van der Waals surface area contributed by atoms with Gasteiger partial charge in [-0.15, -0.1) is 0 Å². The van der Waals surface area contributed by atoms with E-state index < -0.39 is 0 Å². The van der Waals surface area contributed by atoms with Crippen LogP contribution in [-0.4, -0.2) is 35.3 Å². The van der Waals surface area contributed by atoms with Crippen molar-refractivity contribution >= 4 is 17.0 Å². The molecular formula is C18H21N3O2. The van der Waals surface area contributed by atoms with Crippen molar-refractivity contribution < 1.29 is 9.53 Å². The van der Waals surface area contributed by atoms with Crippen LogP contribution < -0.4 is 0 Å². The number of fused-ring (bicyclic) bond motifs is 1. The second-order valence-electron chi connectivity index (χ2n) is 6.11. The SMILES string of the molecule is CCOC(=O)N1CCC(Cc2cn(C)c3ccc(C#N)cc23)C1. The minimum atomic E-state index is -0.209. The maximum absolute atomic E-state index is 11.8. The summed E-state index contributed by atoms with van der Waals surface area (Å²) in [5.41, 5.74) is 3.07. The molecule has 2 heterocycles. The number of nitriles is 1. The van der Waals surface area contributed by atoms with Crippen LogP contribution in [0.2, 0.25) is 0 Å². The lowest BCUT2D eigenvalue weighted by molar-refractivity contribution is 0.114. The van der Waals surface area contributed by atoms with Crippen LogP contribution in [0.4, 0.5) is 4.79 Å². The molecule has 1 aliphatic rings. The lowest BCUT2D eigenvalue weighted by Crippen LogP contribution is -2.29. The fourth-order valence-corrected chi connectivity index (χ4v) is 3.40. The van der Waals surface area contributed by atoms with Crippen molar-refractivity contribution in [3.63, 3.8) is 0 Å². The number of carbonyl (C=O) groups is 1. The van der Waals surface area contributed by atoms with Crippen LogP contribution >= 0.6 is 0 Å². The van der Waals surface area contributed by atoms with Gasteiger partial charge in [0.2, 0.25) is 0 Å². The van der Waals surface area contributed by atoms with Gasteiger partial charge in [0.1, 0.15) is 0 Å². The van der Waals surface area contributed by atoms with Crippen molar-refractivity contribution in [1.29, 1.82) is 5.26 Å². The van der Waals surface area contributed by atoms with Gasteiger partial charge < -0.3 is 14.2 Å². The number of ether oxygens (including phenoxy) is 1. The number of nitrogens with zero attached hydrogens (tertiary/aromatic N) is 3. The van der Waals surface area contributed by atoms with Crippen molar-refractivity contribution in [2.75, 3.05) is 19.7 Å². The highest BCUT2D eigenvalue weighted by Gasteiger charge is 2.27. The summed E-state index contributed by atoms with van der Waals surface area (Å²) in [6.07, 6.45) is 3.84. The number of carbonyl (C=O) groups excluding carboxylic acids is 1. The first kappa shape index (κ1) is 15.4. The number of amides is 1. The smallest absolute Gasteiger partial charge is 0.409 e. The van der Waals surface area contributed by atoms with Crippen LogP contribution in [0.5, 0.6) is 0 Å². The van der Waals surface area contributed by atoms with Crippen molar-refractivity contribution in [2.45, 2.75) is 19.8 Å². The molecule has 0 spiro atoms. The Morgan fingerprint density at radius 3 is 3.04 bits per heavy atom. The van der Waals surface area contributed by atoms with E-state index in [1.54, 1.807) is 4.90 Å². The second kappa shape index (κ2) is 6.33. The van der Waals surface area contributed by atoms with Crippen LogP contribution in [0, 0.1) is 17.2 Å². The Balaban J connectivity index is 1.77. The van der Waals surface area contributed by atoms with Crippen LogP contribution in [-0.2, 0) is 18.2 Å². The van der Waals surface area contributed by atoms with Gasteiger partial charge in [-0.25, -0.2) is 4.79 Å². The summed E-state index contributed by atoms with van der Waals surface area (Å²) in [7, 11) is 2.03. The molecule has 1 aromatic heterocycles. The number of aromatic nitrogens is 1. The molecule has 1 saturated heterocycles. The predicted octanol–water partition coefficient (Wildman–Crippen LogP) is 3.07. The summed E-state index contributed by atoms with van der Waals surface area (Å²) < 4.78 is 7.18. The summed E-state index contributed by atoms with van der Waals surface area (Å²) in [6, 6.07) is 8.02. The van der Waals surface area contributed by atoms with Crippen LogP contribution in [0.1, 0.15) is 24.5 Å². The summed E-state index contributed by atoms with van der Waals surface area (Å²) in [5, 5.41) is 10.3. The molecule has 0 bridgehead atoms. The average molecular weight is 311 g/mol. The number of hydrogen-bond acceptors (Lipinski definition) is 3. The number of rotatable bonds is 3. The zero-order chi connectivity index (χ0) is 16.4. The second-order valence-corrected chi connectivity index (χ2v) is 6.11. The van der Waals surface area contributed by atoms with Gasteiger partial charge in [-0.1, -0.05) is 0 Å². The molecule has 23 heavy (non-hydrogen) atoms. The molecule has 1 aliphatic heterocycles. The highest BCUT2D eigenvalue weighted by atomic mass is 16.6. The normalized spacial score (nSPS) is 17.4. The highest BCUT2D eigenvalue weighted by molar-refractivity contribution is 5.85. The van der Waals surface area contributed by atoms with Crippen molar-refractivity contribution in [1.82, 2.24) is 9.47 Å². The maximum Gasteiger partial charge on any atom is 0.409 e. The van der Waals surface area contributed by atoms with E-state index in [2.05, 4.69) is 16.8 Å². The van der Waals surface area contributed by atoms with Crippen molar-refractivity contribution in [3.05, 3.63) is 35.5 Å². The molecule has 1 unspecified atom stereocenters. The largest absolute Gasteiger partial charge is 0.450 e. The van der Waals surface area contributed by atoms with Crippen LogP contribution in [0.25, 0.3) is 10.9 Å². The lowest BCUT2D eigenvalue weighted by Gasteiger charge is -2.15. The first-order valence-electron chi connectivity index (χ1n) is 8.02. The van der Waals surface area contributed by atoms with E-state index >= 15 is 0 Å². The minimum absolute atomic E-state index is 0.209. The van der Waals surface area contributed by atoms with Gasteiger partial charge in [0.05, 0.1) is 18.2 Å². The molecule has 120 valence electrons. The molecule has 5 nitrogen and oxygen atoms in total. The molecule has 0 radical (unpaired) electrons. The van der Waals surface area contributed by atoms with E-state index in [4.69, 9.17) is 10.00 Å². The Hall–Kier alpha value is -2.48.